The Morgan fingerprint density at radius 1 is 1.11 bits per heavy atom. The molecule has 1 amide bonds. The Hall–Kier alpha value is -3.03. The lowest BCUT2D eigenvalue weighted by molar-refractivity contribution is -0.655. The molecule has 1 aromatic carbocycles. The number of pyridine rings is 1. The maximum absolute atomic E-state index is 12.7. The first-order valence-corrected chi connectivity index (χ1v) is 8.81. The molecule has 0 spiro atoms. The van der Waals surface area contributed by atoms with Crippen molar-refractivity contribution in [2.24, 2.45) is 0 Å². The second-order valence-electron chi connectivity index (χ2n) is 6.23. The summed E-state index contributed by atoms with van der Waals surface area (Å²) in [5.74, 6) is -1.53. The van der Waals surface area contributed by atoms with E-state index in [4.69, 9.17) is 5.11 Å². The van der Waals surface area contributed by atoms with Gasteiger partial charge in [0.2, 0.25) is 0 Å². The van der Waals surface area contributed by atoms with Crippen LogP contribution in [0.2, 0.25) is 0 Å². The molecular weight excluding hydrogens is 346 g/mol. The highest BCUT2D eigenvalue weighted by Crippen LogP contribution is 2.38. The Morgan fingerprint density at radius 2 is 1.89 bits per heavy atom. The molecule has 140 valence electrons. The van der Waals surface area contributed by atoms with Crippen LogP contribution in [0.3, 0.4) is 0 Å². The van der Waals surface area contributed by atoms with E-state index in [-0.39, 0.29) is 17.9 Å². The number of hydrogen-bond acceptors (Lipinski definition) is 5. The van der Waals surface area contributed by atoms with Gasteiger partial charge in [0.25, 0.3) is 11.7 Å². The molecule has 0 radical (unpaired) electrons. The van der Waals surface area contributed by atoms with Crippen LogP contribution in [0.15, 0.2) is 60.4 Å². The zero-order chi connectivity index (χ0) is 19.2. The van der Waals surface area contributed by atoms with E-state index in [1.165, 1.54) is 4.90 Å². The number of aliphatic hydroxyl groups excluding tert-OH is 2. The minimum Gasteiger partial charge on any atom is -0.507 e. The van der Waals surface area contributed by atoms with Crippen LogP contribution in [0.5, 0.6) is 0 Å². The summed E-state index contributed by atoms with van der Waals surface area (Å²) in [4.78, 5) is 30.9. The molecule has 1 aliphatic heterocycles. The summed E-state index contributed by atoms with van der Waals surface area (Å²) in [6.07, 6.45) is 3.21. The molecule has 3 rings (SSSR count). The number of carbonyl (C=O) groups is 2. The van der Waals surface area contributed by atoms with Crippen LogP contribution in [-0.4, -0.2) is 58.0 Å². The summed E-state index contributed by atoms with van der Waals surface area (Å²) < 4.78 is 0. The van der Waals surface area contributed by atoms with Gasteiger partial charge in [-0.05, 0) is 11.6 Å². The van der Waals surface area contributed by atoms with Crippen LogP contribution in [0, 0.1) is 0 Å². The molecule has 1 aliphatic rings. The van der Waals surface area contributed by atoms with E-state index >= 15 is 0 Å². The Balaban J connectivity index is 2.03. The topological polar surface area (TPSA) is 107 Å². The summed E-state index contributed by atoms with van der Waals surface area (Å²) in [5.41, 5.74) is 1.22. The highest BCUT2D eigenvalue weighted by Gasteiger charge is 2.46. The molecule has 1 atom stereocenters. The van der Waals surface area contributed by atoms with Gasteiger partial charge in [-0.25, -0.2) is 0 Å². The fourth-order valence-electron chi connectivity index (χ4n) is 3.21. The van der Waals surface area contributed by atoms with E-state index in [1.54, 1.807) is 48.8 Å². The van der Waals surface area contributed by atoms with Crippen molar-refractivity contribution in [2.75, 3.05) is 26.2 Å². The molecular formula is C20H22N3O4+. The number of likely N-dealkylation sites (tertiary alicyclic amines) is 1. The number of aliphatic hydroxyl groups is 2. The van der Waals surface area contributed by atoms with Gasteiger partial charge in [0.15, 0.2) is 0 Å². The smallest absolute Gasteiger partial charge is 0.295 e. The second kappa shape index (κ2) is 8.57. The van der Waals surface area contributed by atoms with Gasteiger partial charge in [-0.3, -0.25) is 14.6 Å². The fourth-order valence-corrected chi connectivity index (χ4v) is 3.21. The third kappa shape index (κ3) is 3.89. The van der Waals surface area contributed by atoms with E-state index in [1.807, 2.05) is 11.4 Å². The molecule has 1 fully saturated rings. The van der Waals surface area contributed by atoms with Crippen LogP contribution in [-0.2, 0) is 9.59 Å². The number of aromatic nitrogens is 1. The van der Waals surface area contributed by atoms with Crippen LogP contribution in [0.1, 0.15) is 17.2 Å². The first-order valence-electron chi connectivity index (χ1n) is 8.81. The van der Waals surface area contributed by atoms with Gasteiger partial charge in [0, 0.05) is 18.0 Å². The molecule has 2 heterocycles. The lowest BCUT2D eigenvalue weighted by atomic mass is 9.96. The van der Waals surface area contributed by atoms with E-state index in [0.29, 0.717) is 30.8 Å². The number of nitrogens with zero attached hydrogens (tertiary/aromatic N) is 2. The normalized spacial score (nSPS) is 18.9. The van der Waals surface area contributed by atoms with Gasteiger partial charge in [-0.15, -0.1) is 0 Å². The summed E-state index contributed by atoms with van der Waals surface area (Å²) in [6, 6.07) is 11.5. The molecule has 4 N–H and O–H groups in total. The van der Waals surface area contributed by atoms with Gasteiger partial charge in [-0.2, -0.15) is 0 Å². The zero-order valence-electron chi connectivity index (χ0n) is 14.8. The lowest BCUT2D eigenvalue weighted by Gasteiger charge is -2.24. The predicted octanol–water partition coefficient (Wildman–Crippen LogP) is 0.0590. The van der Waals surface area contributed by atoms with Gasteiger partial charge < -0.3 is 20.4 Å². The van der Waals surface area contributed by atoms with Crippen LogP contribution < -0.4 is 5.32 Å². The molecule has 27 heavy (non-hydrogen) atoms. The number of quaternary nitrogens is 1. The third-order valence-electron chi connectivity index (χ3n) is 4.49. The molecule has 7 heteroatoms. The standard InChI is InChI=1S/C20H21N3O4/c24-12-10-21-9-11-23-17(15-7-4-8-22-13-15)16(19(26)20(23)27)18(25)14-5-2-1-3-6-14/h1-8,13,17,21,24-25H,9-12H2/p+1/t17-/m0/s1. The van der Waals surface area contributed by atoms with E-state index in [9.17, 15) is 14.7 Å². The Kier molecular flexibility index (Phi) is 5.95. The second-order valence-corrected chi connectivity index (χ2v) is 6.23. The van der Waals surface area contributed by atoms with Gasteiger partial charge in [-0.1, -0.05) is 36.4 Å². The minimum atomic E-state index is -0.702. The zero-order valence-corrected chi connectivity index (χ0v) is 14.8. The van der Waals surface area contributed by atoms with E-state index in [2.05, 4.69) is 4.98 Å². The average molecular weight is 368 g/mol. The largest absolute Gasteiger partial charge is 0.507 e. The van der Waals surface area contributed by atoms with Crippen molar-refractivity contribution in [1.82, 2.24) is 9.88 Å². The van der Waals surface area contributed by atoms with E-state index in [0.717, 1.165) is 0 Å². The van der Waals surface area contributed by atoms with Crippen LogP contribution >= 0.6 is 0 Å². The number of carbonyl (C=O) groups excluding carboxylic acids is 2. The Labute approximate surface area is 157 Å². The third-order valence-corrected chi connectivity index (χ3v) is 4.49. The molecule has 1 aromatic heterocycles. The molecule has 2 aromatic rings. The molecule has 0 bridgehead atoms. The lowest BCUT2D eigenvalue weighted by Crippen LogP contribution is -2.86. The van der Waals surface area contributed by atoms with Crippen molar-refractivity contribution in [3.05, 3.63) is 71.6 Å². The molecule has 0 unspecified atom stereocenters. The monoisotopic (exact) mass is 368 g/mol. The number of hydrogen-bond donors (Lipinski definition) is 3. The van der Waals surface area contributed by atoms with Crippen molar-refractivity contribution in [3.63, 3.8) is 0 Å². The highest BCUT2D eigenvalue weighted by molar-refractivity contribution is 6.46. The highest BCUT2D eigenvalue weighted by atomic mass is 16.3. The summed E-state index contributed by atoms with van der Waals surface area (Å²) in [5, 5.41) is 21.6. The number of benzene rings is 1. The van der Waals surface area contributed by atoms with Crippen LogP contribution in [0.25, 0.3) is 5.76 Å². The number of amides is 1. The van der Waals surface area contributed by atoms with Crippen molar-refractivity contribution in [2.45, 2.75) is 6.04 Å². The van der Waals surface area contributed by atoms with Gasteiger partial charge >= 0.3 is 0 Å². The van der Waals surface area contributed by atoms with Crippen molar-refractivity contribution in [3.8, 4) is 0 Å². The maximum atomic E-state index is 12.7. The first kappa shape index (κ1) is 18.8. The number of nitrogens with two attached hydrogens (primary N) is 1. The number of rotatable bonds is 7. The van der Waals surface area contributed by atoms with Crippen molar-refractivity contribution in [1.29, 1.82) is 0 Å². The Bertz CT molecular complexity index is 837. The molecule has 0 saturated carbocycles. The SMILES string of the molecule is O=C1C(=O)N(CC[NH2+]CCO)[C@@H](c2cccnc2)C1=C(O)c1ccccc1. The van der Waals surface area contributed by atoms with Gasteiger partial charge in [0.1, 0.15) is 5.76 Å². The average Bonchev–Trinajstić information content (AvgIpc) is 2.97. The summed E-state index contributed by atoms with van der Waals surface area (Å²) in [7, 11) is 0. The molecule has 7 nitrogen and oxygen atoms in total. The first-order chi connectivity index (χ1) is 13.1. The molecule has 1 saturated heterocycles. The predicted molar refractivity (Wildman–Crippen MR) is 98.4 cm³/mol. The number of ketones is 1. The van der Waals surface area contributed by atoms with E-state index < -0.39 is 17.7 Å². The van der Waals surface area contributed by atoms with Crippen molar-refractivity contribution < 1.29 is 25.1 Å². The fraction of sp³-hybridized carbons (Fsp3) is 0.250. The Morgan fingerprint density at radius 3 is 2.56 bits per heavy atom. The van der Waals surface area contributed by atoms with Crippen LogP contribution in [0.4, 0.5) is 0 Å². The maximum Gasteiger partial charge on any atom is 0.295 e. The quantitative estimate of drug-likeness (QED) is 0.277. The summed E-state index contributed by atoms with van der Waals surface area (Å²) >= 11 is 0. The minimum absolute atomic E-state index is 0.0405. The summed E-state index contributed by atoms with van der Waals surface area (Å²) in [6.45, 7) is 1.41. The van der Waals surface area contributed by atoms with Gasteiger partial charge in [0.05, 0.1) is 37.9 Å². The van der Waals surface area contributed by atoms with Crippen molar-refractivity contribution >= 4 is 17.4 Å². The number of Topliss-reactive ketones (excluding diaryl/α,β-unsaturated/α-hetero) is 1. The molecule has 0 aliphatic carbocycles.